The molecule has 0 nitrogen and oxygen atoms in total. The van der Waals surface area contributed by atoms with Crippen molar-refractivity contribution in [3.8, 4) is 0 Å². The molecule has 0 aliphatic heterocycles. The Bertz CT molecular complexity index is 684. The molecule has 0 aliphatic carbocycles. The SMILES string of the molecule is [SiH3]c1ccc(C=C(c2ccccc2)c2ccccc2)cc1. The number of rotatable bonds is 3. The highest BCUT2D eigenvalue weighted by molar-refractivity contribution is 6.32. The van der Waals surface area contributed by atoms with Crippen LogP contribution in [0, 0.1) is 0 Å². The van der Waals surface area contributed by atoms with E-state index in [0.29, 0.717) is 0 Å². The van der Waals surface area contributed by atoms with Gasteiger partial charge >= 0.3 is 0 Å². The lowest BCUT2D eigenvalue weighted by Gasteiger charge is -2.09. The maximum Gasteiger partial charge on any atom is 0.0384 e. The zero-order chi connectivity index (χ0) is 14.5. The van der Waals surface area contributed by atoms with Crippen molar-refractivity contribution in [3.05, 3.63) is 102 Å². The molecule has 0 aliphatic rings. The number of hydrogen-bond acceptors (Lipinski definition) is 0. The summed E-state index contributed by atoms with van der Waals surface area (Å²) in [5, 5.41) is 1.42. The minimum atomic E-state index is 1.10. The van der Waals surface area contributed by atoms with Gasteiger partial charge in [0.05, 0.1) is 0 Å². The van der Waals surface area contributed by atoms with E-state index in [4.69, 9.17) is 0 Å². The Morgan fingerprint density at radius 3 is 1.57 bits per heavy atom. The molecule has 0 aromatic heterocycles. The van der Waals surface area contributed by atoms with E-state index in [1.807, 2.05) is 0 Å². The van der Waals surface area contributed by atoms with Crippen LogP contribution in [0.25, 0.3) is 11.6 Å². The van der Waals surface area contributed by atoms with Gasteiger partial charge in [-0.05, 0) is 28.3 Å². The standard InChI is InChI=1S/C20H18Si/c21-19-13-11-16(12-14-19)15-20(17-7-3-1-4-8-17)18-9-5-2-6-10-18/h1-15H,21H3. The van der Waals surface area contributed by atoms with E-state index >= 15 is 0 Å². The Labute approximate surface area is 129 Å². The Kier molecular flexibility index (Phi) is 4.13. The van der Waals surface area contributed by atoms with E-state index in [9.17, 15) is 0 Å². The van der Waals surface area contributed by atoms with Gasteiger partial charge in [0.1, 0.15) is 0 Å². The number of benzene rings is 3. The molecule has 102 valence electrons. The van der Waals surface area contributed by atoms with Crippen LogP contribution in [0.4, 0.5) is 0 Å². The first kappa shape index (κ1) is 13.6. The van der Waals surface area contributed by atoms with E-state index in [-0.39, 0.29) is 0 Å². The highest BCUT2D eigenvalue weighted by Gasteiger charge is 2.04. The van der Waals surface area contributed by atoms with E-state index in [2.05, 4.69) is 91.0 Å². The van der Waals surface area contributed by atoms with Crippen LogP contribution < -0.4 is 5.19 Å². The molecule has 0 amide bonds. The molecule has 1 heteroatoms. The predicted molar refractivity (Wildman–Crippen MR) is 95.9 cm³/mol. The van der Waals surface area contributed by atoms with Gasteiger partial charge in [-0.3, -0.25) is 0 Å². The summed E-state index contributed by atoms with van der Waals surface area (Å²) in [5.74, 6) is 0. The lowest BCUT2D eigenvalue weighted by molar-refractivity contribution is 1.55. The van der Waals surface area contributed by atoms with Gasteiger partial charge in [0.15, 0.2) is 0 Å². The molecule has 3 aromatic carbocycles. The molecule has 0 spiro atoms. The molecule has 0 atom stereocenters. The third-order valence-corrected chi connectivity index (χ3v) is 4.22. The van der Waals surface area contributed by atoms with Gasteiger partial charge in [-0.2, -0.15) is 0 Å². The average molecular weight is 286 g/mol. The minimum absolute atomic E-state index is 1.10. The van der Waals surface area contributed by atoms with Crippen LogP contribution in [-0.4, -0.2) is 10.2 Å². The molecule has 0 N–H and O–H groups in total. The minimum Gasteiger partial charge on any atom is -0.0707 e. The van der Waals surface area contributed by atoms with Crippen LogP contribution >= 0.6 is 0 Å². The van der Waals surface area contributed by atoms with E-state index in [0.717, 1.165) is 10.2 Å². The second-order valence-corrected chi connectivity index (χ2v) is 6.36. The zero-order valence-electron chi connectivity index (χ0n) is 12.2. The van der Waals surface area contributed by atoms with Gasteiger partial charge in [0.2, 0.25) is 0 Å². The van der Waals surface area contributed by atoms with Crippen LogP contribution in [0.5, 0.6) is 0 Å². The maximum absolute atomic E-state index is 2.27. The smallest absolute Gasteiger partial charge is 0.0384 e. The molecule has 0 saturated heterocycles. The van der Waals surface area contributed by atoms with Crippen molar-refractivity contribution in [3.63, 3.8) is 0 Å². The molecule has 0 saturated carbocycles. The Morgan fingerprint density at radius 1 is 0.619 bits per heavy atom. The van der Waals surface area contributed by atoms with Gasteiger partial charge < -0.3 is 0 Å². The summed E-state index contributed by atoms with van der Waals surface area (Å²) in [6.45, 7) is 0. The Balaban J connectivity index is 2.10. The van der Waals surface area contributed by atoms with Crippen LogP contribution in [0.1, 0.15) is 16.7 Å². The van der Waals surface area contributed by atoms with E-state index in [1.54, 1.807) is 0 Å². The third kappa shape index (κ3) is 3.39. The first-order chi connectivity index (χ1) is 10.3. The molecular weight excluding hydrogens is 268 g/mol. The average Bonchev–Trinajstić information content (AvgIpc) is 2.56. The molecule has 21 heavy (non-hydrogen) atoms. The summed E-state index contributed by atoms with van der Waals surface area (Å²) in [7, 11) is 1.10. The summed E-state index contributed by atoms with van der Waals surface area (Å²) in [4.78, 5) is 0. The molecule has 0 fully saturated rings. The second kappa shape index (κ2) is 6.38. The van der Waals surface area contributed by atoms with Crippen molar-refractivity contribution < 1.29 is 0 Å². The van der Waals surface area contributed by atoms with Gasteiger partial charge in [0.25, 0.3) is 0 Å². The van der Waals surface area contributed by atoms with Gasteiger partial charge in [0, 0.05) is 10.2 Å². The molecule has 0 radical (unpaired) electrons. The zero-order valence-corrected chi connectivity index (χ0v) is 14.2. The van der Waals surface area contributed by atoms with Crippen molar-refractivity contribution in [2.24, 2.45) is 0 Å². The summed E-state index contributed by atoms with van der Waals surface area (Å²) >= 11 is 0. The highest BCUT2D eigenvalue weighted by Crippen LogP contribution is 2.25. The molecule has 0 bridgehead atoms. The summed E-state index contributed by atoms with van der Waals surface area (Å²) in [5.41, 5.74) is 5.01. The predicted octanol–water partition coefficient (Wildman–Crippen LogP) is 3.27. The lowest BCUT2D eigenvalue weighted by atomic mass is 9.96. The fourth-order valence-electron chi connectivity index (χ4n) is 2.40. The monoisotopic (exact) mass is 286 g/mol. The summed E-state index contributed by atoms with van der Waals surface area (Å²) < 4.78 is 0. The van der Waals surface area contributed by atoms with Crippen molar-refractivity contribution in [1.29, 1.82) is 0 Å². The Hall–Kier alpha value is -2.38. The second-order valence-electron chi connectivity index (χ2n) is 5.20. The van der Waals surface area contributed by atoms with Crippen molar-refractivity contribution in [2.75, 3.05) is 0 Å². The van der Waals surface area contributed by atoms with Crippen LogP contribution in [0.15, 0.2) is 84.9 Å². The first-order valence-electron chi connectivity index (χ1n) is 7.22. The molecule has 3 aromatic rings. The fourth-order valence-corrected chi connectivity index (χ4v) is 2.73. The summed E-state index contributed by atoms with van der Waals surface area (Å²) in [6.07, 6.45) is 2.27. The van der Waals surface area contributed by atoms with Crippen LogP contribution in [0.3, 0.4) is 0 Å². The topological polar surface area (TPSA) is 0 Å². The molecule has 0 heterocycles. The highest BCUT2D eigenvalue weighted by atomic mass is 28.1. The largest absolute Gasteiger partial charge is 0.0707 e. The molecule has 3 rings (SSSR count). The van der Waals surface area contributed by atoms with Crippen LogP contribution in [0.2, 0.25) is 0 Å². The summed E-state index contributed by atoms with van der Waals surface area (Å²) in [6, 6.07) is 30.0. The van der Waals surface area contributed by atoms with E-state index in [1.165, 1.54) is 27.5 Å². The van der Waals surface area contributed by atoms with Crippen molar-refractivity contribution in [2.45, 2.75) is 0 Å². The maximum atomic E-state index is 2.27. The third-order valence-electron chi connectivity index (χ3n) is 3.56. The Morgan fingerprint density at radius 2 is 1.10 bits per heavy atom. The normalized spacial score (nSPS) is 10.3. The van der Waals surface area contributed by atoms with E-state index < -0.39 is 0 Å². The molecular formula is C20H18Si. The fraction of sp³-hybridized carbons (Fsp3) is 0. The van der Waals surface area contributed by atoms with Gasteiger partial charge in [-0.1, -0.05) is 90.1 Å². The van der Waals surface area contributed by atoms with Gasteiger partial charge in [-0.25, -0.2) is 0 Å². The number of hydrogen-bond donors (Lipinski definition) is 0. The molecule has 0 unspecified atom stereocenters. The lowest BCUT2D eigenvalue weighted by Crippen LogP contribution is -1.99. The van der Waals surface area contributed by atoms with Crippen LogP contribution in [-0.2, 0) is 0 Å². The first-order valence-corrected chi connectivity index (χ1v) is 8.22. The van der Waals surface area contributed by atoms with Crippen molar-refractivity contribution in [1.82, 2.24) is 0 Å². The quantitative estimate of drug-likeness (QED) is 0.512. The van der Waals surface area contributed by atoms with Gasteiger partial charge in [-0.15, -0.1) is 0 Å². The van der Waals surface area contributed by atoms with Crippen molar-refractivity contribution >= 4 is 27.1 Å².